The van der Waals surface area contributed by atoms with Crippen molar-refractivity contribution in [3.05, 3.63) is 60.0 Å². The van der Waals surface area contributed by atoms with Crippen molar-refractivity contribution in [3.8, 4) is 17.0 Å². The first-order valence-electron chi connectivity index (χ1n) is 11.0. The van der Waals surface area contributed by atoms with Gasteiger partial charge in [-0.1, -0.05) is 12.8 Å². The van der Waals surface area contributed by atoms with Crippen LogP contribution in [0.25, 0.3) is 11.3 Å². The van der Waals surface area contributed by atoms with Crippen LogP contribution in [0.5, 0.6) is 5.75 Å². The first kappa shape index (κ1) is 20.2. The van der Waals surface area contributed by atoms with E-state index in [2.05, 4.69) is 20.7 Å². The van der Waals surface area contributed by atoms with E-state index in [0.717, 1.165) is 44.2 Å². The average molecular weight is 431 g/mol. The van der Waals surface area contributed by atoms with Gasteiger partial charge in [-0.05, 0) is 56.0 Å². The molecule has 0 atom stereocenters. The molecule has 0 radical (unpaired) electrons. The first-order valence-corrected chi connectivity index (χ1v) is 11.0. The maximum atomic E-state index is 12.8. The Balaban J connectivity index is 1.41. The second kappa shape index (κ2) is 8.45. The Labute approximate surface area is 185 Å². The molecule has 164 valence electrons. The topological polar surface area (TPSA) is 109 Å². The van der Waals surface area contributed by atoms with Crippen LogP contribution in [0.1, 0.15) is 60.5 Å². The standard InChI is InChI=1S/C24H25N5O3/c30-22-13-18(26-23(31)16-9-11-25-12-10-16)7-8-19(22)20-14-21(15-3-1-2-4-15)29(28-20)24(32)27-17-5-6-17/h7-15,17,30H,1-6H2,(H,26,31)(H,27,32). The van der Waals surface area contributed by atoms with Crippen molar-refractivity contribution in [1.82, 2.24) is 20.1 Å². The number of hydrogen-bond donors (Lipinski definition) is 3. The zero-order valence-electron chi connectivity index (χ0n) is 17.6. The van der Waals surface area contributed by atoms with Gasteiger partial charge in [0.05, 0.1) is 11.4 Å². The molecule has 5 rings (SSSR count). The normalized spacial score (nSPS) is 16.1. The van der Waals surface area contributed by atoms with Gasteiger partial charge in [-0.15, -0.1) is 0 Å². The summed E-state index contributed by atoms with van der Waals surface area (Å²) in [7, 11) is 0. The largest absolute Gasteiger partial charge is 0.507 e. The van der Waals surface area contributed by atoms with Gasteiger partial charge in [0.15, 0.2) is 0 Å². The lowest BCUT2D eigenvalue weighted by Crippen LogP contribution is -2.32. The highest BCUT2D eigenvalue weighted by Crippen LogP contribution is 2.38. The molecule has 0 spiro atoms. The highest BCUT2D eigenvalue weighted by molar-refractivity contribution is 6.04. The number of anilines is 1. The molecule has 32 heavy (non-hydrogen) atoms. The fourth-order valence-corrected chi connectivity index (χ4v) is 4.20. The molecule has 2 heterocycles. The summed E-state index contributed by atoms with van der Waals surface area (Å²) in [5.74, 6) is -0.00545. The molecular formula is C24H25N5O3. The lowest BCUT2D eigenvalue weighted by molar-refractivity contribution is 0.102. The number of amides is 2. The van der Waals surface area contributed by atoms with Crippen molar-refractivity contribution in [2.24, 2.45) is 0 Å². The third-order valence-corrected chi connectivity index (χ3v) is 6.08. The summed E-state index contributed by atoms with van der Waals surface area (Å²) in [6, 6.07) is 10.1. The van der Waals surface area contributed by atoms with Crippen LogP contribution in [0.4, 0.5) is 10.5 Å². The van der Waals surface area contributed by atoms with E-state index in [4.69, 9.17) is 0 Å². The summed E-state index contributed by atoms with van der Waals surface area (Å²) in [6.45, 7) is 0. The quantitative estimate of drug-likeness (QED) is 0.559. The van der Waals surface area contributed by atoms with Gasteiger partial charge in [-0.25, -0.2) is 4.79 Å². The number of hydrogen-bond acceptors (Lipinski definition) is 5. The number of carbonyl (C=O) groups excluding carboxylic acids is 2. The molecule has 2 amide bonds. The Morgan fingerprint density at radius 3 is 2.44 bits per heavy atom. The minimum Gasteiger partial charge on any atom is -0.507 e. The summed E-state index contributed by atoms with van der Waals surface area (Å²) in [6.07, 6.45) is 9.47. The number of nitrogens with one attached hydrogen (secondary N) is 2. The summed E-state index contributed by atoms with van der Waals surface area (Å²) in [5, 5.41) is 21.0. The van der Waals surface area contributed by atoms with Crippen molar-refractivity contribution in [3.63, 3.8) is 0 Å². The summed E-state index contributed by atoms with van der Waals surface area (Å²) < 4.78 is 1.47. The summed E-state index contributed by atoms with van der Waals surface area (Å²) in [4.78, 5) is 29.1. The van der Waals surface area contributed by atoms with Crippen LogP contribution in [0, 0.1) is 0 Å². The highest BCUT2D eigenvalue weighted by atomic mass is 16.3. The molecule has 2 saturated carbocycles. The Hall–Kier alpha value is -3.68. The van der Waals surface area contributed by atoms with Gasteiger partial charge in [-0.2, -0.15) is 9.78 Å². The van der Waals surface area contributed by atoms with Crippen LogP contribution in [0.2, 0.25) is 0 Å². The molecule has 8 heteroatoms. The van der Waals surface area contributed by atoms with E-state index in [1.165, 1.54) is 10.7 Å². The highest BCUT2D eigenvalue weighted by Gasteiger charge is 2.29. The molecule has 0 aliphatic heterocycles. The Kier molecular flexibility index (Phi) is 5.34. The Morgan fingerprint density at radius 2 is 1.75 bits per heavy atom. The summed E-state index contributed by atoms with van der Waals surface area (Å²) in [5.41, 5.74) is 2.90. The minimum absolute atomic E-state index is 0.0113. The maximum absolute atomic E-state index is 12.8. The number of benzene rings is 1. The smallest absolute Gasteiger partial charge is 0.342 e. The van der Waals surface area contributed by atoms with Gasteiger partial charge in [-0.3, -0.25) is 9.78 Å². The molecule has 3 N–H and O–H groups in total. The van der Waals surface area contributed by atoms with Crippen LogP contribution in [-0.2, 0) is 0 Å². The molecular weight excluding hydrogens is 406 g/mol. The number of phenols is 1. The van der Waals surface area contributed by atoms with E-state index >= 15 is 0 Å². The number of carbonyl (C=O) groups is 2. The monoisotopic (exact) mass is 431 g/mol. The first-order chi connectivity index (χ1) is 15.6. The zero-order chi connectivity index (χ0) is 22.1. The third-order valence-electron chi connectivity index (χ3n) is 6.08. The van der Waals surface area contributed by atoms with E-state index in [-0.39, 0.29) is 23.7 Å². The summed E-state index contributed by atoms with van der Waals surface area (Å²) >= 11 is 0. The molecule has 2 aliphatic carbocycles. The van der Waals surface area contributed by atoms with Crippen LogP contribution < -0.4 is 10.6 Å². The molecule has 0 bridgehead atoms. The average Bonchev–Trinajstić information content (AvgIpc) is 3.26. The fourth-order valence-electron chi connectivity index (χ4n) is 4.20. The lowest BCUT2D eigenvalue weighted by Gasteiger charge is -2.11. The number of rotatable bonds is 5. The van der Waals surface area contributed by atoms with Crippen molar-refractivity contribution >= 4 is 17.6 Å². The number of aromatic nitrogens is 3. The molecule has 2 fully saturated rings. The molecule has 2 aliphatic rings. The lowest BCUT2D eigenvalue weighted by atomic mass is 10.0. The SMILES string of the molecule is O=C(Nc1ccc(-c2cc(C3CCCC3)n(C(=O)NC3CC3)n2)c(O)c1)c1ccncc1. The second-order valence-electron chi connectivity index (χ2n) is 8.49. The molecule has 1 aromatic carbocycles. The maximum Gasteiger partial charge on any atom is 0.342 e. The predicted molar refractivity (Wildman–Crippen MR) is 120 cm³/mol. The number of nitrogens with zero attached hydrogens (tertiary/aromatic N) is 3. The molecule has 3 aromatic rings. The third kappa shape index (κ3) is 4.21. The second-order valence-corrected chi connectivity index (χ2v) is 8.49. The van der Waals surface area contributed by atoms with E-state index in [1.54, 1.807) is 36.7 Å². The number of aromatic hydroxyl groups is 1. The van der Waals surface area contributed by atoms with Crippen molar-refractivity contribution in [1.29, 1.82) is 0 Å². The predicted octanol–water partition coefficient (Wildman–Crippen LogP) is 4.28. The van der Waals surface area contributed by atoms with Crippen molar-refractivity contribution in [2.75, 3.05) is 5.32 Å². The Bertz CT molecular complexity index is 1150. The van der Waals surface area contributed by atoms with E-state index < -0.39 is 0 Å². The van der Waals surface area contributed by atoms with Gasteiger partial charge >= 0.3 is 6.03 Å². The molecule has 0 unspecified atom stereocenters. The van der Waals surface area contributed by atoms with Crippen LogP contribution in [0.3, 0.4) is 0 Å². The van der Waals surface area contributed by atoms with Crippen molar-refractivity contribution in [2.45, 2.75) is 50.5 Å². The van der Waals surface area contributed by atoms with Crippen molar-refractivity contribution < 1.29 is 14.7 Å². The fraction of sp³-hybridized carbons (Fsp3) is 0.333. The van der Waals surface area contributed by atoms with Crippen LogP contribution in [0.15, 0.2) is 48.8 Å². The molecule has 2 aromatic heterocycles. The Morgan fingerprint density at radius 1 is 1.00 bits per heavy atom. The molecule has 8 nitrogen and oxygen atoms in total. The van der Waals surface area contributed by atoms with Gasteiger partial charge in [0.1, 0.15) is 5.75 Å². The van der Waals surface area contributed by atoms with Gasteiger partial charge < -0.3 is 15.7 Å². The van der Waals surface area contributed by atoms with E-state index in [9.17, 15) is 14.7 Å². The van der Waals surface area contributed by atoms with Gasteiger partial charge in [0, 0.05) is 47.2 Å². The van der Waals surface area contributed by atoms with Gasteiger partial charge in [0.2, 0.25) is 0 Å². The van der Waals surface area contributed by atoms with E-state index in [0.29, 0.717) is 28.4 Å². The zero-order valence-corrected chi connectivity index (χ0v) is 17.6. The van der Waals surface area contributed by atoms with E-state index in [1.807, 2.05) is 6.07 Å². The molecule has 0 saturated heterocycles. The minimum atomic E-state index is -0.288. The number of pyridine rings is 1. The van der Waals surface area contributed by atoms with Gasteiger partial charge in [0.25, 0.3) is 5.91 Å². The number of phenolic OH excluding ortho intramolecular Hbond substituents is 1. The van der Waals surface area contributed by atoms with Crippen LogP contribution >= 0.6 is 0 Å². The van der Waals surface area contributed by atoms with Crippen LogP contribution in [-0.4, -0.2) is 37.9 Å².